The Bertz CT molecular complexity index is 841. The molecular weight excluding hydrogens is 372 g/mol. The molecule has 0 bridgehead atoms. The highest BCUT2D eigenvalue weighted by molar-refractivity contribution is 5.98. The molecule has 1 aromatic carbocycles. The van der Waals surface area contributed by atoms with Gasteiger partial charge >= 0.3 is 0 Å². The van der Waals surface area contributed by atoms with Crippen LogP contribution in [0.25, 0.3) is 0 Å². The van der Waals surface area contributed by atoms with Gasteiger partial charge < -0.3 is 15.4 Å². The second kappa shape index (κ2) is 9.09. The maximum Gasteiger partial charge on any atom is 0.293 e. The Balaban J connectivity index is 1.66. The number of carbonyl (C=O) groups excluding carboxylic acids is 1. The summed E-state index contributed by atoms with van der Waals surface area (Å²) in [7, 11) is 3.17. The van der Waals surface area contributed by atoms with Crippen LogP contribution in [0.1, 0.15) is 36.0 Å². The van der Waals surface area contributed by atoms with Crippen molar-refractivity contribution in [3.05, 3.63) is 51.6 Å². The SMILES string of the molecule is COc1cc(N)c([N+](=O)[O-])cc1C(=O)N(C)C1CCN(CC2=CCC=CC2)CC1. The molecule has 1 amide bonds. The Kier molecular flexibility index (Phi) is 6.53. The standard InChI is InChI=1S/C21H28N4O4/c1-23(16-8-10-24(11-9-16)14-15-6-4-3-5-7-15)21(26)17-12-19(25(27)28)18(22)13-20(17)29-2/h3-4,7,12-13,16H,5-6,8-11,14,22H2,1-2H3. The third-order valence-electron chi connectivity index (χ3n) is 5.72. The van der Waals surface area contributed by atoms with E-state index in [1.54, 1.807) is 11.9 Å². The number of carbonyl (C=O) groups is 1. The van der Waals surface area contributed by atoms with Gasteiger partial charge in [0.15, 0.2) is 0 Å². The summed E-state index contributed by atoms with van der Waals surface area (Å²) in [5.41, 5.74) is 7.03. The fraction of sp³-hybridized carbons (Fsp3) is 0.476. The van der Waals surface area contributed by atoms with Gasteiger partial charge in [0.25, 0.3) is 11.6 Å². The molecule has 0 saturated carbocycles. The van der Waals surface area contributed by atoms with Crippen LogP contribution < -0.4 is 10.5 Å². The molecule has 1 aliphatic carbocycles. The van der Waals surface area contributed by atoms with Gasteiger partial charge in [0, 0.05) is 44.9 Å². The summed E-state index contributed by atoms with van der Waals surface area (Å²) >= 11 is 0. The number of nitrogens with two attached hydrogens (primary N) is 1. The number of hydrogen-bond donors (Lipinski definition) is 1. The van der Waals surface area contributed by atoms with Gasteiger partial charge in [-0.1, -0.05) is 23.8 Å². The molecule has 1 aromatic rings. The largest absolute Gasteiger partial charge is 0.496 e. The minimum absolute atomic E-state index is 0.0220. The van der Waals surface area contributed by atoms with Crippen molar-refractivity contribution in [2.24, 2.45) is 0 Å². The fourth-order valence-corrected chi connectivity index (χ4v) is 3.96. The Morgan fingerprint density at radius 3 is 2.66 bits per heavy atom. The lowest BCUT2D eigenvalue weighted by Crippen LogP contribution is -2.46. The van der Waals surface area contributed by atoms with Gasteiger partial charge in [-0.25, -0.2) is 0 Å². The molecule has 3 rings (SSSR count). The van der Waals surface area contributed by atoms with Crippen molar-refractivity contribution in [1.29, 1.82) is 0 Å². The smallest absolute Gasteiger partial charge is 0.293 e. The predicted octanol–water partition coefficient (Wildman–Crippen LogP) is 3.00. The number of hydrogen-bond acceptors (Lipinski definition) is 6. The summed E-state index contributed by atoms with van der Waals surface area (Å²) in [6.45, 7) is 2.82. The number of nitrogen functional groups attached to an aromatic ring is 1. The van der Waals surface area contributed by atoms with E-state index in [0.717, 1.165) is 45.3 Å². The number of ether oxygens (including phenoxy) is 1. The van der Waals surface area contributed by atoms with Crippen LogP contribution >= 0.6 is 0 Å². The van der Waals surface area contributed by atoms with Crippen molar-refractivity contribution in [3.8, 4) is 5.75 Å². The molecule has 1 saturated heterocycles. The zero-order chi connectivity index (χ0) is 21.0. The van der Waals surface area contributed by atoms with Crippen molar-refractivity contribution < 1.29 is 14.5 Å². The average Bonchev–Trinajstić information content (AvgIpc) is 2.73. The van der Waals surface area contributed by atoms with Gasteiger partial charge in [-0.05, 0) is 25.7 Å². The normalized spacial score (nSPS) is 17.7. The maximum atomic E-state index is 13.1. The summed E-state index contributed by atoms with van der Waals surface area (Å²) in [5, 5.41) is 11.2. The third kappa shape index (κ3) is 4.76. The minimum atomic E-state index is -0.584. The molecular formula is C21H28N4O4. The molecule has 29 heavy (non-hydrogen) atoms. The van der Waals surface area contributed by atoms with E-state index in [0.29, 0.717) is 0 Å². The van der Waals surface area contributed by atoms with Crippen LogP contribution in [-0.2, 0) is 0 Å². The van der Waals surface area contributed by atoms with E-state index < -0.39 is 4.92 Å². The first kappa shape index (κ1) is 20.9. The van der Waals surface area contributed by atoms with Gasteiger partial charge in [0.05, 0.1) is 17.6 Å². The number of likely N-dealkylation sites (tertiary alicyclic amines) is 1. The van der Waals surface area contributed by atoms with Gasteiger partial charge in [0.1, 0.15) is 11.4 Å². The average molecular weight is 400 g/mol. The highest BCUT2D eigenvalue weighted by atomic mass is 16.6. The van der Waals surface area contributed by atoms with E-state index in [9.17, 15) is 14.9 Å². The van der Waals surface area contributed by atoms with Crippen molar-refractivity contribution in [2.75, 3.05) is 39.5 Å². The summed E-state index contributed by atoms with van der Waals surface area (Å²) in [5.74, 6) is -0.0387. The van der Waals surface area contributed by atoms with E-state index in [1.807, 2.05) is 0 Å². The summed E-state index contributed by atoms with van der Waals surface area (Å²) in [6, 6.07) is 2.64. The predicted molar refractivity (Wildman–Crippen MR) is 112 cm³/mol. The number of piperidine rings is 1. The van der Waals surface area contributed by atoms with Crippen LogP contribution in [0.5, 0.6) is 5.75 Å². The van der Waals surface area contributed by atoms with Gasteiger partial charge in [-0.3, -0.25) is 19.8 Å². The van der Waals surface area contributed by atoms with Gasteiger partial charge in [-0.15, -0.1) is 0 Å². The fourth-order valence-electron chi connectivity index (χ4n) is 3.96. The number of anilines is 1. The van der Waals surface area contributed by atoms with Crippen LogP contribution in [0.2, 0.25) is 0 Å². The van der Waals surface area contributed by atoms with Crippen molar-refractivity contribution in [2.45, 2.75) is 31.7 Å². The molecule has 1 aliphatic heterocycles. The molecule has 0 spiro atoms. The zero-order valence-corrected chi connectivity index (χ0v) is 17.0. The van der Waals surface area contributed by atoms with Crippen LogP contribution in [0, 0.1) is 10.1 Å². The molecule has 1 fully saturated rings. The molecule has 1 heterocycles. The first-order valence-corrected chi connectivity index (χ1v) is 9.85. The van der Waals surface area contributed by atoms with Gasteiger partial charge in [0.2, 0.25) is 0 Å². The third-order valence-corrected chi connectivity index (χ3v) is 5.72. The molecule has 8 heteroatoms. The number of methoxy groups -OCH3 is 1. The highest BCUT2D eigenvalue weighted by Crippen LogP contribution is 2.32. The van der Waals surface area contributed by atoms with Gasteiger partial charge in [-0.2, -0.15) is 0 Å². The summed E-state index contributed by atoms with van der Waals surface area (Å²) in [4.78, 5) is 27.8. The maximum absolute atomic E-state index is 13.1. The lowest BCUT2D eigenvalue weighted by molar-refractivity contribution is -0.383. The number of rotatable bonds is 6. The van der Waals surface area contributed by atoms with Crippen LogP contribution in [0.15, 0.2) is 35.9 Å². The molecule has 156 valence electrons. The lowest BCUT2D eigenvalue weighted by Gasteiger charge is -2.37. The Morgan fingerprint density at radius 2 is 2.07 bits per heavy atom. The molecule has 8 nitrogen and oxygen atoms in total. The number of amides is 1. The monoisotopic (exact) mass is 400 g/mol. The van der Waals surface area contributed by atoms with Crippen LogP contribution in [0.4, 0.5) is 11.4 Å². The van der Waals surface area contributed by atoms with E-state index in [4.69, 9.17) is 10.5 Å². The number of nitrogens with zero attached hydrogens (tertiary/aromatic N) is 3. The molecule has 0 aromatic heterocycles. The van der Waals surface area contributed by atoms with Crippen LogP contribution in [-0.4, -0.2) is 60.5 Å². The van der Waals surface area contributed by atoms with E-state index in [-0.39, 0.29) is 34.6 Å². The van der Waals surface area contributed by atoms with Crippen molar-refractivity contribution in [1.82, 2.24) is 9.80 Å². The summed E-state index contributed by atoms with van der Waals surface area (Å²) in [6.07, 6.45) is 10.5. The number of benzene rings is 1. The number of allylic oxidation sites excluding steroid dienone is 3. The Hall–Kier alpha value is -2.87. The summed E-state index contributed by atoms with van der Waals surface area (Å²) < 4.78 is 5.25. The van der Waals surface area contributed by atoms with Crippen LogP contribution in [0.3, 0.4) is 0 Å². The van der Waals surface area contributed by atoms with E-state index >= 15 is 0 Å². The van der Waals surface area contributed by atoms with E-state index in [2.05, 4.69) is 23.1 Å². The quantitative estimate of drug-likeness (QED) is 0.341. The zero-order valence-electron chi connectivity index (χ0n) is 17.0. The molecule has 2 N–H and O–H groups in total. The first-order chi connectivity index (χ1) is 13.9. The second-order valence-electron chi connectivity index (χ2n) is 7.57. The molecule has 0 atom stereocenters. The highest BCUT2D eigenvalue weighted by Gasteiger charge is 2.29. The minimum Gasteiger partial charge on any atom is -0.496 e. The Labute approximate surface area is 170 Å². The molecule has 0 radical (unpaired) electrons. The van der Waals surface area contributed by atoms with Crippen molar-refractivity contribution in [3.63, 3.8) is 0 Å². The van der Waals surface area contributed by atoms with Crippen molar-refractivity contribution >= 4 is 17.3 Å². The number of nitro groups is 1. The number of nitro benzene ring substituents is 1. The Morgan fingerprint density at radius 1 is 1.34 bits per heavy atom. The molecule has 2 aliphatic rings. The topological polar surface area (TPSA) is 102 Å². The first-order valence-electron chi connectivity index (χ1n) is 9.85. The molecule has 0 unspecified atom stereocenters. The lowest BCUT2D eigenvalue weighted by atomic mass is 10.00. The van der Waals surface area contributed by atoms with E-state index in [1.165, 1.54) is 24.8 Å². The second-order valence-corrected chi connectivity index (χ2v) is 7.57.